The summed E-state index contributed by atoms with van der Waals surface area (Å²) < 4.78 is 14.7. The van der Waals surface area contributed by atoms with Gasteiger partial charge in [-0.15, -0.1) is 11.3 Å². The van der Waals surface area contributed by atoms with Gasteiger partial charge in [0.15, 0.2) is 5.17 Å². The third kappa shape index (κ3) is 3.60. The molecule has 1 aromatic heterocycles. The number of halogens is 1. The van der Waals surface area contributed by atoms with Crippen molar-refractivity contribution in [2.24, 2.45) is 4.99 Å². The Kier molecular flexibility index (Phi) is 5.20. The van der Waals surface area contributed by atoms with Gasteiger partial charge in [-0.1, -0.05) is 23.9 Å². The second-order valence-electron chi connectivity index (χ2n) is 7.76. The molecule has 1 amide bonds. The molecule has 0 bridgehead atoms. The van der Waals surface area contributed by atoms with E-state index in [1.807, 2.05) is 61.3 Å². The number of rotatable bonds is 2. The van der Waals surface area contributed by atoms with Gasteiger partial charge in [-0.3, -0.25) is 9.69 Å². The van der Waals surface area contributed by atoms with Crippen LogP contribution in [0.15, 0.2) is 86.6 Å². The molecule has 3 aromatic carbocycles. The summed E-state index contributed by atoms with van der Waals surface area (Å²) in [4.78, 5) is 28.4. The highest BCUT2D eigenvalue weighted by Gasteiger charge is 2.40. The Bertz CT molecular complexity index is 1530. The lowest BCUT2D eigenvalue weighted by Gasteiger charge is -2.16. The topological polar surface area (TPSA) is 48.8 Å². The predicted octanol–water partition coefficient (Wildman–Crippen LogP) is 6.92. The molecule has 2 aliphatic heterocycles. The molecule has 168 valence electrons. The lowest BCUT2D eigenvalue weighted by Crippen LogP contribution is -2.29. The molecule has 4 aromatic rings. The monoisotopic (exact) mass is 504 g/mol. The van der Waals surface area contributed by atoms with E-state index in [0.717, 1.165) is 36.5 Å². The average Bonchev–Trinajstić information content (AvgIpc) is 3.47. The number of thiazole rings is 1. The zero-order chi connectivity index (χ0) is 23.4. The van der Waals surface area contributed by atoms with Crippen LogP contribution in [-0.2, 0) is 4.79 Å². The van der Waals surface area contributed by atoms with E-state index in [1.165, 1.54) is 23.9 Å². The maximum Gasteiger partial charge on any atom is 0.274 e. The number of aryl methyl sites for hydroxylation is 1. The summed E-state index contributed by atoms with van der Waals surface area (Å²) in [5.74, 6) is -0.528. The van der Waals surface area contributed by atoms with Crippen molar-refractivity contribution < 1.29 is 9.18 Å². The van der Waals surface area contributed by atoms with E-state index in [-0.39, 0.29) is 11.7 Å². The lowest BCUT2D eigenvalue weighted by molar-refractivity contribution is -0.113. The van der Waals surface area contributed by atoms with Gasteiger partial charge in [0.1, 0.15) is 10.7 Å². The summed E-state index contributed by atoms with van der Waals surface area (Å²) in [5, 5.41) is 2.39. The SMILES string of the molecule is Cc1nc2ccc(N=C3SC(=C4Sc5ccccc5N4C)C(=O)N3c3ccc(F)cc3)cc2s1. The van der Waals surface area contributed by atoms with Gasteiger partial charge in [-0.05, 0) is 73.3 Å². The zero-order valence-electron chi connectivity index (χ0n) is 18.2. The normalized spacial score (nSPS) is 19.0. The Morgan fingerprint density at radius 1 is 1.00 bits per heavy atom. The molecule has 0 spiro atoms. The van der Waals surface area contributed by atoms with Gasteiger partial charge >= 0.3 is 0 Å². The summed E-state index contributed by atoms with van der Waals surface area (Å²) in [7, 11) is 1.96. The molecule has 1 saturated heterocycles. The van der Waals surface area contributed by atoms with Gasteiger partial charge < -0.3 is 4.90 Å². The van der Waals surface area contributed by atoms with Gasteiger partial charge in [0.05, 0.1) is 37.3 Å². The predicted molar refractivity (Wildman–Crippen MR) is 141 cm³/mol. The lowest BCUT2D eigenvalue weighted by atomic mass is 10.2. The van der Waals surface area contributed by atoms with Crippen molar-refractivity contribution in [1.29, 1.82) is 0 Å². The Morgan fingerprint density at radius 2 is 1.79 bits per heavy atom. The average molecular weight is 505 g/mol. The van der Waals surface area contributed by atoms with Crippen LogP contribution >= 0.6 is 34.9 Å². The number of aliphatic imine (C=N–C) groups is 1. The number of thioether (sulfide) groups is 2. The van der Waals surface area contributed by atoms with E-state index in [2.05, 4.69) is 4.98 Å². The Balaban J connectivity index is 1.46. The number of amides is 1. The summed E-state index contributed by atoms with van der Waals surface area (Å²) in [6.07, 6.45) is 0. The van der Waals surface area contributed by atoms with Crippen molar-refractivity contribution in [3.63, 3.8) is 0 Å². The Hall–Kier alpha value is -3.14. The van der Waals surface area contributed by atoms with E-state index in [0.29, 0.717) is 15.8 Å². The molecular formula is C25H17FN4OS3. The van der Waals surface area contributed by atoms with Crippen molar-refractivity contribution in [3.8, 4) is 0 Å². The molecule has 5 nitrogen and oxygen atoms in total. The van der Waals surface area contributed by atoms with E-state index < -0.39 is 0 Å². The summed E-state index contributed by atoms with van der Waals surface area (Å²) in [5.41, 5.74) is 3.31. The van der Waals surface area contributed by atoms with Crippen LogP contribution in [0.4, 0.5) is 21.5 Å². The molecule has 0 saturated carbocycles. The molecule has 34 heavy (non-hydrogen) atoms. The molecule has 1 fully saturated rings. The molecule has 0 aliphatic carbocycles. The highest BCUT2D eigenvalue weighted by atomic mass is 32.2. The van der Waals surface area contributed by atoms with Crippen molar-refractivity contribution >= 4 is 73.2 Å². The standard InChI is InChI=1S/C25H17FN4OS3/c1-14-27-18-12-9-16(13-21(18)32-14)28-25-30(17-10-7-15(26)8-11-17)23(31)22(34-25)24-29(2)19-5-3-4-6-20(19)33-24/h3-13H,1-2H3. The van der Waals surface area contributed by atoms with Crippen LogP contribution in [0.3, 0.4) is 0 Å². The summed E-state index contributed by atoms with van der Waals surface area (Å²) in [6.45, 7) is 1.98. The fraction of sp³-hybridized carbons (Fsp3) is 0.0800. The van der Waals surface area contributed by atoms with Gasteiger partial charge in [-0.2, -0.15) is 0 Å². The van der Waals surface area contributed by atoms with Crippen LogP contribution in [0, 0.1) is 12.7 Å². The number of carbonyl (C=O) groups excluding carboxylic acids is 1. The van der Waals surface area contributed by atoms with Crippen molar-refractivity contribution in [2.75, 3.05) is 16.8 Å². The first-order valence-corrected chi connectivity index (χ1v) is 12.9. The van der Waals surface area contributed by atoms with Crippen LogP contribution in [0.1, 0.15) is 5.01 Å². The minimum Gasteiger partial charge on any atom is -0.337 e. The van der Waals surface area contributed by atoms with Crippen LogP contribution < -0.4 is 9.80 Å². The minimum atomic E-state index is -0.354. The minimum absolute atomic E-state index is 0.174. The summed E-state index contributed by atoms with van der Waals surface area (Å²) in [6, 6.07) is 19.8. The molecule has 0 unspecified atom stereocenters. The van der Waals surface area contributed by atoms with Gasteiger partial charge in [0.25, 0.3) is 5.91 Å². The van der Waals surface area contributed by atoms with E-state index in [4.69, 9.17) is 4.99 Å². The third-order valence-electron chi connectivity index (χ3n) is 5.50. The molecule has 0 atom stereocenters. The maximum absolute atomic E-state index is 13.7. The quantitative estimate of drug-likeness (QED) is 0.277. The van der Waals surface area contributed by atoms with Gasteiger partial charge in [0.2, 0.25) is 0 Å². The molecule has 9 heteroatoms. The largest absolute Gasteiger partial charge is 0.337 e. The van der Waals surface area contributed by atoms with Crippen LogP contribution in [-0.4, -0.2) is 23.1 Å². The molecule has 3 heterocycles. The number of hydrogen-bond donors (Lipinski definition) is 0. The van der Waals surface area contributed by atoms with E-state index >= 15 is 0 Å². The number of amidine groups is 1. The van der Waals surface area contributed by atoms with Crippen LogP contribution in [0.5, 0.6) is 0 Å². The Morgan fingerprint density at radius 3 is 2.59 bits per heavy atom. The number of aromatic nitrogens is 1. The summed E-state index contributed by atoms with van der Waals surface area (Å²) >= 11 is 4.52. The van der Waals surface area contributed by atoms with Gasteiger partial charge in [-0.25, -0.2) is 14.4 Å². The third-order valence-corrected chi connectivity index (χ3v) is 8.83. The molecule has 2 aliphatic rings. The number of benzene rings is 3. The second kappa shape index (κ2) is 8.26. The van der Waals surface area contributed by atoms with E-state index in [1.54, 1.807) is 40.1 Å². The van der Waals surface area contributed by atoms with Crippen molar-refractivity contribution in [1.82, 2.24) is 4.98 Å². The van der Waals surface area contributed by atoms with Crippen molar-refractivity contribution in [3.05, 3.63) is 87.5 Å². The molecular weight excluding hydrogens is 488 g/mol. The maximum atomic E-state index is 13.7. The van der Waals surface area contributed by atoms with Gasteiger partial charge in [0, 0.05) is 11.9 Å². The number of hydrogen-bond acceptors (Lipinski definition) is 7. The molecule has 0 N–H and O–H groups in total. The zero-order valence-corrected chi connectivity index (χ0v) is 20.6. The second-order valence-corrected chi connectivity index (χ2v) is 11.0. The number of nitrogens with zero attached hydrogens (tertiary/aromatic N) is 4. The van der Waals surface area contributed by atoms with E-state index in [9.17, 15) is 9.18 Å². The van der Waals surface area contributed by atoms with Crippen LogP contribution in [0.2, 0.25) is 0 Å². The first-order chi connectivity index (χ1) is 16.5. The number of para-hydroxylation sites is 1. The molecule has 6 rings (SSSR count). The fourth-order valence-corrected chi connectivity index (χ4v) is 7.11. The number of carbonyl (C=O) groups is 1. The Labute approximate surface area is 208 Å². The van der Waals surface area contributed by atoms with Crippen molar-refractivity contribution in [2.45, 2.75) is 11.8 Å². The fourth-order valence-electron chi connectivity index (χ4n) is 3.90. The first kappa shape index (κ1) is 21.4. The highest BCUT2D eigenvalue weighted by molar-refractivity contribution is 8.20. The highest BCUT2D eigenvalue weighted by Crippen LogP contribution is 2.50. The van der Waals surface area contributed by atoms with Crippen LogP contribution in [0.25, 0.3) is 10.2 Å². The number of anilines is 2. The first-order valence-electron chi connectivity index (χ1n) is 10.5. The molecule has 0 radical (unpaired) electrons. The number of fused-ring (bicyclic) bond motifs is 2. The smallest absolute Gasteiger partial charge is 0.274 e.